The molecule has 0 saturated carbocycles. The number of nitrogens with zero attached hydrogens (tertiary/aromatic N) is 1. The van der Waals surface area contributed by atoms with Gasteiger partial charge in [-0.1, -0.05) is 25.0 Å². The average Bonchev–Trinajstić information content (AvgIpc) is 2.42. The molecule has 0 bridgehead atoms. The van der Waals surface area contributed by atoms with Crippen LogP contribution in [0.25, 0.3) is 0 Å². The van der Waals surface area contributed by atoms with Gasteiger partial charge in [0.1, 0.15) is 0 Å². The molecule has 5 nitrogen and oxygen atoms in total. The SMILES string of the molecule is Cc1ccc(C(C)NCCCCCCO)cc1[N+](=O)[O-]. The number of aliphatic hydroxyl groups excluding tert-OH is 1. The van der Waals surface area contributed by atoms with E-state index in [1.807, 2.05) is 13.0 Å². The van der Waals surface area contributed by atoms with Crippen molar-refractivity contribution in [2.45, 2.75) is 45.6 Å². The number of benzene rings is 1. The fourth-order valence-corrected chi connectivity index (χ4v) is 2.12. The van der Waals surface area contributed by atoms with Crippen molar-refractivity contribution >= 4 is 5.69 Å². The molecular formula is C15H24N2O3. The highest BCUT2D eigenvalue weighted by Crippen LogP contribution is 2.23. The number of aryl methyl sites for hydroxylation is 1. The molecule has 112 valence electrons. The summed E-state index contributed by atoms with van der Waals surface area (Å²) in [5.41, 5.74) is 1.81. The minimum absolute atomic E-state index is 0.104. The predicted octanol–water partition coefficient (Wildman–Crippen LogP) is 3.11. The van der Waals surface area contributed by atoms with Crippen molar-refractivity contribution in [1.29, 1.82) is 0 Å². The van der Waals surface area contributed by atoms with E-state index in [0.717, 1.165) is 37.8 Å². The molecule has 0 aliphatic carbocycles. The molecule has 0 amide bonds. The van der Waals surface area contributed by atoms with Gasteiger partial charge < -0.3 is 10.4 Å². The van der Waals surface area contributed by atoms with Gasteiger partial charge in [0.25, 0.3) is 5.69 Å². The average molecular weight is 280 g/mol. The second-order valence-electron chi connectivity index (χ2n) is 5.12. The molecule has 0 saturated heterocycles. The van der Waals surface area contributed by atoms with Crippen LogP contribution in [0.2, 0.25) is 0 Å². The lowest BCUT2D eigenvalue weighted by Crippen LogP contribution is -2.20. The van der Waals surface area contributed by atoms with E-state index in [2.05, 4.69) is 5.32 Å². The normalized spacial score (nSPS) is 12.3. The Morgan fingerprint density at radius 1 is 1.30 bits per heavy atom. The third-order valence-electron chi connectivity index (χ3n) is 3.47. The summed E-state index contributed by atoms with van der Waals surface area (Å²) in [4.78, 5) is 10.6. The topological polar surface area (TPSA) is 75.4 Å². The smallest absolute Gasteiger partial charge is 0.272 e. The quantitative estimate of drug-likeness (QED) is 0.414. The lowest BCUT2D eigenvalue weighted by molar-refractivity contribution is -0.385. The van der Waals surface area contributed by atoms with Crippen LogP contribution in [0.15, 0.2) is 18.2 Å². The maximum atomic E-state index is 10.9. The summed E-state index contributed by atoms with van der Waals surface area (Å²) in [7, 11) is 0. The monoisotopic (exact) mass is 280 g/mol. The summed E-state index contributed by atoms with van der Waals surface area (Å²) in [6, 6.07) is 5.49. The number of hydrogen-bond donors (Lipinski definition) is 2. The Morgan fingerprint density at radius 3 is 2.65 bits per heavy atom. The van der Waals surface area contributed by atoms with Crippen LogP contribution in [-0.2, 0) is 0 Å². The second kappa shape index (κ2) is 8.66. The Labute approximate surface area is 120 Å². The number of nitro benzene ring substituents is 1. The molecule has 1 aromatic carbocycles. The summed E-state index contributed by atoms with van der Waals surface area (Å²) < 4.78 is 0. The summed E-state index contributed by atoms with van der Waals surface area (Å²) in [6.45, 7) is 4.91. The molecule has 1 aromatic rings. The first-order chi connectivity index (χ1) is 9.56. The molecule has 0 aromatic heterocycles. The predicted molar refractivity (Wildman–Crippen MR) is 79.8 cm³/mol. The van der Waals surface area contributed by atoms with Crippen LogP contribution in [0.1, 0.15) is 49.8 Å². The highest BCUT2D eigenvalue weighted by Gasteiger charge is 2.13. The van der Waals surface area contributed by atoms with Crippen molar-refractivity contribution in [3.05, 3.63) is 39.4 Å². The van der Waals surface area contributed by atoms with Gasteiger partial charge in [-0.05, 0) is 38.8 Å². The van der Waals surface area contributed by atoms with Crippen molar-refractivity contribution in [2.24, 2.45) is 0 Å². The van der Waals surface area contributed by atoms with Gasteiger partial charge in [0.2, 0.25) is 0 Å². The van der Waals surface area contributed by atoms with Crippen molar-refractivity contribution in [3.8, 4) is 0 Å². The summed E-state index contributed by atoms with van der Waals surface area (Å²) in [5.74, 6) is 0. The number of rotatable bonds is 9. The van der Waals surface area contributed by atoms with Crippen molar-refractivity contribution in [1.82, 2.24) is 5.32 Å². The Bertz CT molecular complexity index is 435. The van der Waals surface area contributed by atoms with Crippen LogP contribution in [-0.4, -0.2) is 23.2 Å². The molecule has 1 rings (SSSR count). The van der Waals surface area contributed by atoms with E-state index in [1.54, 1.807) is 19.1 Å². The van der Waals surface area contributed by atoms with Gasteiger partial charge in [-0.3, -0.25) is 10.1 Å². The van der Waals surface area contributed by atoms with Crippen LogP contribution >= 0.6 is 0 Å². The Kier molecular flexibility index (Phi) is 7.18. The largest absolute Gasteiger partial charge is 0.396 e. The van der Waals surface area contributed by atoms with E-state index >= 15 is 0 Å². The van der Waals surface area contributed by atoms with Crippen LogP contribution < -0.4 is 5.32 Å². The molecule has 1 unspecified atom stereocenters. The molecule has 0 fully saturated rings. The molecular weight excluding hydrogens is 256 g/mol. The maximum Gasteiger partial charge on any atom is 0.272 e. The first-order valence-electron chi connectivity index (χ1n) is 7.15. The van der Waals surface area contributed by atoms with E-state index in [1.165, 1.54) is 0 Å². The fourth-order valence-electron chi connectivity index (χ4n) is 2.12. The molecule has 2 N–H and O–H groups in total. The van der Waals surface area contributed by atoms with Crippen LogP contribution in [0.4, 0.5) is 5.69 Å². The first-order valence-corrected chi connectivity index (χ1v) is 7.15. The number of nitro groups is 1. The molecule has 0 aliphatic rings. The lowest BCUT2D eigenvalue weighted by atomic mass is 10.0. The third kappa shape index (κ3) is 5.27. The van der Waals surface area contributed by atoms with Gasteiger partial charge in [-0.25, -0.2) is 0 Å². The van der Waals surface area contributed by atoms with Gasteiger partial charge in [0.15, 0.2) is 0 Å². The van der Waals surface area contributed by atoms with E-state index in [9.17, 15) is 10.1 Å². The van der Waals surface area contributed by atoms with Crippen LogP contribution in [0, 0.1) is 17.0 Å². The third-order valence-corrected chi connectivity index (χ3v) is 3.47. The Morgan fingerprint density at radius 2 is 2.00 bits per heavy atom. The zero-order valence-electron chi connectivity index (χ0n) is 12.3. The fraction of sp³-hybridized carbons (Fsp3) is 0.600. The minimum atomic E-state index is -0.333. The number of nitrogens with one attached hydrogen (secondary N) is 1. The van der Waals surface area contributed by atoms with E-state index < -0.39 is 0 Å². The molecule has 0 aliphatic heterocycles. The molecule has 20 heavy (non-hydrogen) atoms. The zero-order valence-corrected chi connectivity index (χ0v) is 12.3. The maximum absolute atomic E-state index is 10.9. The minimum Gasteiger partial charge on any atom is -0.396 e. The molecule has 0 heterocycles. The van der Waals surface area contributed by atoms with Gasteiger partial charge in [-0.2, -0.15) is 0 Å². The number of aliphatic hydroxyl groups is 1. The molecule has 1 atom stereocenters. The Balaban J connectivity index is 2.45. The first kappa shape index (κ1) is 16.6. The number of hydrogen-bond acceptors (Lipinski definition) is 4. The van der Waals surface area contributed by atoms with Crippen molar-refractivity contribution < 1.29 is 10.0 Å². The van der Waals surface area contributed by atoms with Crippen LogP contribution in [0.3, 0.4) is 0 Å². The van der Waals surface area contributed by atoms with E-state index in [4.69, 9.17) is 5.11 Å². The zero-order chi connectivity index (χ0) is 15.0. The molecule has 0 spiro atoms. The van der Waals surface area contributed by atoms with Crippen LogP contribution in [0.5, 0.6) is 0 Å². The summed E-state index contributed by atoms with van der Waals surface area (Å²) in [6.07, 6.45) is 4.05. The Hall–Kier alpha value is -1.46. The highest BCUT2D eigenvalue weighted by atomic mass is 16.6. The van der Waals surface area contributed by atoms with Crippen molar-refractivity contribution in [2.75, 3.05) is 13.2 Å². The van der Waals surface area contributed by atoms with Crippen molar-refractivity contribution in [3.63, 3.8) is 0 Å². The van der Waals surface area contributed by atoms with Gasteiger partial charge in [-0.15, -0.1) is 0 Å². The second-order valence-corrected chi connectivity index (χ2v) is 5.12. The number of unbranched alkanes of at least 4 members (excludes halogenated alkanes) is 3. The highest BCUT2D eigenvalue weighted by molar-refractivity contribution is 5.43. The van der Waals surface area contributed by atoms with Gasteiger partial charge >= 0.3 is 0 Å². The molecule has 0 radical (unpaired) electrons. The lowest BCUT2D eigenvalue weighted by Gasteiger charge is -2.14. The van der Waals surface area contributed by atoms with E-state index in [-0.39, 0.29) is 23.3 Å². The van der Waals surface area contributed by atoms with Gasteiger partial charge in [0, 0.05) is 24.3 Å². The molecule has 5 heteroatoms. The van der Waals surface area contributed by atoms with Gasteiger partial charge in [0.05, 0.1) is 4.92 Å². The summed E-state index contributed by atoms with van der Waals surface area (Å²) in [5, 5.41) is 23.0. The standard InChI is InChI=1S/C15H24N2O3/c1-12-7-8-14(11-15(12)17(19)20)13(2)16-9-5-3-4-6-10-18/h7-8,11,13,16,18H,3-6,9-10H2,1-2H3. The summed E-state index contributed by atoms with van der Waals surface area (Å²) >= 11 is 0. The van der Waals surface area contributed by atoms with E-state index in [0.29, 0.717) is 5.56 Å².